The van der Waals surface area contributed by atoms with Crippen molar-refractivity contribution in [1.82, 2.24) is 19.5 Å². The van der Waals surface area contributed by atoms with Crippen LogP contribution in [0.5, 0.6) is 5.75 Å². The van der Waals surface area contributed by atoms with Crippen molar-refractivity contribution in [2.45, 2.75) is 39.7 Å². The summed E-state index contributed by atoms with van der Waals surface area (Å²) in [5.74, 6) is 0.800. The van der Waals surface area contributed by atoms with Crippen LogP contribution in [-0.2, 0) is 4.74 Å². The molecule has 8 nitrogen and oxygen atoms in total. The molecule has 4 aromatic rings. The van der Waals surface area contributed by atoms with Crippen LogP contribution in [0, 0.1) is 24.2 Å². The van der Waals surface area contributed by atoms with Crippen molar-refractivity contribution in [3.05, 3.63) is 72.1 Å². The fourth-order valence-electron chi connectivity index (χ4n) is 4.69. The number of ether oxygens (including phenoxy) is 2. The Hall–Kier alpha value is -4.38. The van der Waals surface area contributed by atoms with Crippen LogP contribution in [0.4, 0.5) is 4.79 Å². The number of rotatable bonds is 5. The monoisotopic (exact) mass is 509 g/mol. The van der Waals surface area contributed by atoms with Crippen LogP contribution in [0.2, 0.25) is 0 Å². The largest absolute Gasteiger partial charge is 0.489 e. The van der Waals surface area contributed by atoms with E-state index in [0.29, 0.717) is 36.7 Å². The Balaban J connectivity index is 1.47. The van der Waals surface area contributed by atoms with Gasteiger partial charge >= 0.3 is 6.09 Å². The molecule has 1 amide bonds. The number of carbonyl (C=O) groups excluding carboxylic acids is 1. The quantitative estimate of drug-likeness (QED) is 0.334. The normalized spacial score (nSPS) is 15.4. The SMILES string of the molecule is Cc1ccc(-c2c(-c3ccc(C#N)cc3)cc(OC[C@@H]3CCN(C(=O)OC(C)(C)C)C3)c3nncn23)cc1. The molecule has 0 unspecified atom stereocenters. The summed E-state index contributed by atoms with van der Waals surface area (Å²) >= 11 is 0. The highest BCUT2D eigenvalue weighted by Gasteiger charge is 2.30. The second-order valence-corrected chi connectivity index (χ2v) is 10.7. The first-order valence-corrected chi connectivity index (χ1v) is 12.8. The minimum Gasteiger partial charge on any atom is -0.489 e. The van der Waals surface area contributed by atoms with Crippen LogP contribution in [0.25, 0.3) is 28.0 Å². The van der Waals surface area contributed by atoms with Crippen molar-refractivity contribution in [1.29, 1.82) is 5.26 Å². The molecule has 1 aliphatic heterocycles. The van der Waals surface area contributed by atoms with E-state index in [-0.39, 0.29) is 12.0 Å². The van der Waals surface area contributed by atoms with Crippen molar-refractivity contribution in [2.75, 3.05) is 19.7 Å². The van der Waals surface area contributed by atoms with E-state index in [1.165, 1.54) is 5.56 Å². The number of amides is 1. The van der Waals surface area contributed by atoms with Gasteiger partial charge in [0.15, 0.2) is 5.75 Å². The average Bonchev–Trinajstić information content (AvgIpc) is 3.57. The van der Waals surface area contributed by atoms with Crippen LogP contribution >= 0.6 is 0 Å². The van der Waals surface area contributed by atoms with Gasteiger partial charge in [-0.2, -0.15) is 5.26 Å². The van der Waals surface area contributed by atoms with E-state index in [9.17, 15) is 10.1 Å². The van der Waals surface area contributed by atoms with Crippen LogP contribution in [-0.4, -0.2) is 50.9 Å². The molecule has 1 saturated heterocycles. The molecule has 1 fully saturated rings. The van der Waals surface area contributed by atoms with Crippen LogP contribution in [0.3, 0.4) is 0 Å². The summed E-state index contributed by atoms with van der Waals surface area (Å²) in [5, 5.41) is 17.8. The van der Waals surface area contributed by atoms with E-state index in [1.807, 2.05) is 55.5 Å². The lowest BCUT2D eigenvalue weighted by Gasteiger charge is -2.24. The van der Waals surface area contributed by atoms with Crippen LogP contribution in [0.1, 0.15) is 38.3 Å². The molecule has 194 valence electrons. The number of carbonyl (C=O) groups is 1. The minimum atomic E-state index is -0.522. The minimum absolute atomic E-state index is 0.181. The molecule has 0 bridgehead atoms. The Kier molecular flexibility index (Phi) is 6.77. The Morgan fingerprint density at radius 1 is 1.11 bits per heavy atom. The molecule has 2 aromatic heterocycles. The Morgan fingerprint density at radius 3 is 2.50 bits per heavy atom. The first-order valence-electron chi connectivity index (χ1n) is 12.8. The van der Waals surface area contributed by atoms with Gasteiger partial charge in [0, 0.05) is 24.6 Å². The van der Waals surface area contributed by atoms with Gasteiger partial charge < -0.3 is 14.4 Å². The van der Waals surface area contributed by atoms with Gasteiger partial charge in [-0.3, -0.25) is 4.40 Å². The highest BCUT2D eigenvalue weighted by molar-refractivity contribution is 5.85. The molecule has 1 atom stereocenters. The second-order valence-electron chi connectivity index (χ2n) is 10.7. The van der Waals surface area contributed by atoms with Gasteiger partial charge in [0.25, 0.3) is 0 Å². The predicted molar refractivity (Wildman–Crippen MR) is 145 cm³/mol. The van der Waals surface area contributed by atoms with E-state index in [2.05, 4.69) is 47.5 Å². The molecule has 5 rings (SSSR count). The Bertz CT molecular complexity index is 1490. The standard InChI is InChI=1S/C30H31N5O3/c1-20-5-9-24(10-6-20)27-25(23-11-7-21(16-31)8-12-23)15-26(28-33-32-19-35(27)28)37-18-22-13-14-34(17-22)29(36)38-30(2,3)4/h5-12,15,19,22H,13-14,17-18H2,1-4H3/t22-/m1/s1. The van der Waals surface area contributed by atoms with E-state index < -0.39 is 5.60 Å². The van der Waals surface area contributed by atoms with Gasteiger partial charge in [-0.25, -0.2) is 4.79 Å². The lowest BCUT2D eigenvalue weighted by molar-refractivity contribution is 0.0285. The molecule has 0 spiro atoms. The van der Waals surface area contributed by atoms with E-state index in [0.717, 1.165) is 28.8 Å². The number of aromatic nitrogens is 3. The summed E-state index contributed by atoms with van der Waals surface area (Å²) in [5.41, 5.74) is 5.74. The zero-order chi connectivity index (χ0) is 26.9. The van der Waals surface area contributed by atoms with Gasteiger partial charge in [0.2, 0.25) is 5.65 Å². The Morgan fingerprint density at radius 2 is 1.82 bits per heavy atom. The number of nitrogens with zero attached hydrogens (tertiary/aromatic N) is 5. The average molecular weight is 510 g/mol. The number of likely N-dealkylation sites (tertiary alicyclic amines) is 1. The van der Waals surface area contributed by atoms with Gasteiger partial charge in [-0.1, -0.05) is 42.0 Å². The maximum Gasteiger partial charge on any atom is 0.410 e. The third kappa shape index (κ3) is 5.32. The first-order chi connectivity index (χ1) is 18.2. The molecule has 0 saturated carbocycles. The molecule has 2 aromatic carbocycles. The summed E-state index contributed by atoms with van der Waals surface area (Å²) in [6.45, 7) is 9.35. The van der Waals surface area contributed by atoms with E-state index in [4.69, 9.17) is 9.47 Å². The van der Waals surface area contributed by atoms with Crippen molar-refractivity contribution in [3.8, 4) is 34.2 Å². The zero-order valence-corrected chi connectivity index (χ0v) is 22.1. The number of hydrogen-bond donors (Lipinski definition) is 0. The number of pyridine rings is 1. The summed E-state index contributed by atoms with van der Waals surface area (Å²) in [4.78, 5) is 14.2. The van der Waals surface area contributed by atoms with Gasteiger partial charge in [-0.05, 0) is 63.4 Å². The van der Waals surface area contributed by atoms with Gasteiger partial charge in [0.1, 0.15) is 11.9 Å². The summed E-state index contributed by atoms with van der Waals surface area (Å²) in [6, 6.07) is 20.0. The maximum atomic E-state index is 12.5. The van der Waals surface area contributed by atoms with Gasteiger partial charge in [-0.15, -0.1) is 10.2 Å². The third-order valence-corrected chi connectivity index (χ3v) is 6.60. The fraction of sp³-hybridized carbons (Fsp3) is 0.333. The maximum absolute atomic E-state index is 12.5. The fourth-order valence-corrected chi connectivity index (χ4v) is 4.69. The lowest BCUT2D eigenvalue weighted by atomic mass is 9.97. The smallest absolute Gasteiger partial charge is 0.410 e. The van der Waals surface area contributed by atoms with E-state index >= 15 is 0 Å². The van der Waals surface area contributed by atoms with Crippen molar-refractivity contribution < 1.29 is 14.3 Å². The summed E-state index contributed by atoms with van der Waals surface area (Å²) in [7, 11) is 0. The topological polar surface area (TPSA) is 92.8 Å². The zero-order valence-electron chi connectivity index (χ0n) is 22.1. The number of benzene rings is 2. The van der Waals surface area contributed by atoms with Crippen molar-refractivity contribution in [2.24, 2.45) is 5.92 Å². The molecule has 3 heterocycles. The molecule has 0 radical (unpaired) electrons. The van der Waals surface area contributed by atoms with Gasteiger partial charge in [0.05, 0.1) is 23.9 Å². The predicted octanol–water partition coefficient (Wildman–Crippen LogP) is 5.88. The molecule has 38 heavy (non-hydrogen) atoms. The highest BCUT2D eigenvalue weighted by Crippen LogP contribution is 2.37. The molecule has 0 N–H and O–H groups in total. The molecule has 0 aliphatic carbocycles. The lowest BCUT2D eigenvalue weighted by Crippen LogP contribution is -2.35. The van der Waals surface area contributed by atoms with Crippen LogP contribution in [0.15, 0.2) is 60.9 Å². The van der Waals surface area contributed by atoms with Crippen LogP contribution < -0.4 is 4.74 Å². The third-order valence-electron chi connectivity index (χ3n) is 6.60. The molecule has 8 heteroatoms. The highest BCUT2D eigenvalue weighted by atomic mass is 16.6. The van der Waals surface area contributed by atoms with Crippen molar-refractivity contribution >= 4 is 11.7 Å². The molecular formula is C30H31N5O3. The summed E-state index contributed by atoms with van der Waals surface area (Å²) in [6.07, 6.45) is 2.25. The second kappa shape index (κ2) is 10.2. The molecular weight excluding hydrogens is 478 g/mol. The van der Waals surface area contributed by atoms with Crippen molar-refractivity contribution in [3.63, 3.8) is 0 Å². The Labute approximate surface area is 222 Å². The number of hydrogen-bond acceptors (Lipinski definition) is 6. The summed E-state index contributed by atoms with van der Waals surface area (Å²) < 4.78 is 13.8. The first kappa shape index (κ1) is 25.3. The van der Waals surface area contributed by atoms with E-state index in [1.54, 1.807) is 11.2 Å². The number of nitriles is 1. The number of aryl methyl sites for hydroxylation is 1. The molecule has 1 aliphatic rings. The number of fused-ring (bicyclic) bond motifs is 1.